The molecule has 1 fully saturated rings. The van der Waals surface area contributed by atoms with Crippen LogP contribution in [0.2, 0.25) is 0 Å². The van der Waals surface area contributed by atoms with E-state index in [1.54, 1.807) is 7.11 Å². The van der Waals surface area contributed by atoms with Gasteiger partial charge in [0.15, 0.2) is 0 Å². The van der Waals surface area contributed by atoms with E-state index < -0.39 is 0 Å². The third-order valence-electron chi connectivity index (χ3n) is 3.16. The Morgan fingerprint density at radius 3 is 2.65 bits per heavy atom. The van der Waals surface area contributed by atoms with E-state index in [-0.39, 0.29) is 38.0 Å². The van der Waals surface area contributed by atoms with E-state index in [4.69, 9.17) is 4.74 Å². The van der Waals surface area contributed by atoms with Gasteiger partial charge in [0.05, 0.1) is 7.11 Å². The van der Waals surface area contributed by atoms with Crippen LogP contribution >= 0.6 is 0 Å². The fraction of sp³-hybridized carbons (Fsp3) is 0.538. The van der Waals surface area contributed by atoms with E-state index in [2.05, 4.69) is 30.4 Å². The van der Waals surface area contributed by atoms with Gasteiger partial charge in [-0.2, -0.15) is 0 Å². The molecule has 1 saturated heterocycles. The summed E-state index contributed by atoms with van der Waals surface area (Å²) in [5, 5.41) is 3.58. The number of piperidine rings is 1. The molecular formula is C13H23BNNaO. The Kier molecular flexibility index (Phi) is 8.22. The van der Waals surface area contributed by atoms with Crippen molar-refractivity contribution in [3.63, 3.8) is 0 Å². The molecule has 1 aliphatic heterocycles. The molecule has 90 valence electrons. The summed E-state index contributed by atoms with van der Waals surface area (Å²) in [5.41, 5.74) is 1.35. The van der Waals surface area contributed by atoms with Gasteiger partial charge in [-0.3, -0.25) is 0 Å². The van der Waals surface area contributed by atoms with E-state index in [1.165, 1.54) is 18.4 Å². The Morgan fingerprint density at radius 2 is 2.06 bits per heavy atom. The summed E-state index contributed by atoms with van der Waals surface area (Å²) >= 11 is 0. The summed E-state index contributed by atoms with van der Waals surface area (Å²) in [7, 11) is 1.72. The smallest absolute Gasteiger partial charge is 0.497 e. The Bertz CT molecular complexity index is 327. The molecule has 2 rings (SSSR count). The first kappa shape index (κ1) is 17.0. The van der Waals surface area contributed by atoms with Gasteiger partial charge in [0.25, 0.3) is 0 Å². The third-order valence-corrected chi connectivity index (χ3v) is 3.16. The molecule has 2 nitrogen and oxygen atoms in total. The predicted molar refractivity (Wildman–Crippen MR) is 73.5 cm³/mol. The summed E-state index contributed by atoms with van der Waals surface area (Å²) in [6.07, 6.45) is 2.54. The van der Waals surface area contributed by atoms with Crippen molar-refractivity contribution in [2.24, 2.45) is 5.92 Å². The van der Waals surface area contributed by atoms with Crippen molar-refractivity contribution in [1.29, 1.82) is 0 Å². The van der Waals surface area contributed by atoms with Crippen LogP contribution in [0.3, 0.4) is 0 Å². The monoisotopic (exact) mass is 243 g/mol. The van der Waals surface area contributed by atoms with E-state index >= 15 is 0 Å². The maximum Gasteiger partial charge on any atom is 1.00 e. The van der Waals surface area contributed by atoms with Crippen molar-refractivity contribution in [3.05, 3.63) is 29.8 Å². The van der Waals surface area contributed by atoms with Gasteiger partial charge in [-0.1, -0.05) is 27.5 Å². The molecule has 0 spiro atoms. The molecule has 1 N–H and O–H groups in total. The number of hydrogen-bond donors (Lipinski definition) is 1. The molecule has 1 heterocycles. The van der Waals surface area contributed by atoms with Crippen molar-refractivity contribution in [3.8, 4) is 5.75 Å². The molecular weight excluding hydrogens is 220 g/mol. The maximum atomic E-state index is 5.24. The number of nitrogens with one attached hydrogen (secondary N) is 1. The van der Waals surface area contributed by atoms with Crippen LogP contribution in [-0.2, 0) is 0 Å². The molecule has 2 atom stereocenters. The summed E-state index contributed by atoms with van der Waals surface area (Å²) in [6.45, 7) is 3.43. The van der Waals surface area contributed by atoms with E-state index in [0.717, 1.165) is 18.2 Å². The van der Waals surface area contributed by atoms with Crippen molar-refractivity contribution in [2.75, 3.05) is 13.7 Å². The Labute approximate surface area is 128 Å². The molecule has 1 aliphatic rings. The fourth-order valence-electron chi connectivity index (χ4n) is 2.14. The van der Waals surface area contributed by atoms with Gasteiger partial charge in [-0.15, -0.1) is 0 Å². The number of ether oxygens (including phenoxy) is 1. The molecule has 0 bridgehead atoms. The number of benzene rings is 1. The predicted octanol–water partition coefficient (Wildman–Crippen LogP) is -1.69. The Hall–Kier alpha value is 0.0449. The zero-order valence-electron chi connectivity index (χ0n) is 10.5. The summed E-state index contributed by atoms with van der Waals surface area (Å²) < 4.78 is 5.24. The molecule has 1 aromatic carbocycles. The first-order valence-electron chi connectivity index (χ1n) is 5.67. The minimum atomic E-state index is 0. The fourth-order valence-corrected chi connectivity index (χ4v) is 2.14. The Morgan fingerprint density at radius 1 is 1.29 bits per heavy atom. The molecule has 0 amide bonds. The van der Waals surface area contributed by atoms with Crippen LogP contribution in [0, 0.1) is 5.92 Å². The van der Waals surface area contributed by atoms with Gasteiger partial charge in [-0.25, -0.2) is 0 Å². The van der Waals surface area contributed by atoms with Crippen LogP contribution in [0.4, 0.5) is 0 Å². The maximum absolute atomic E-state index is 5.24. The van der Waals surface area contributed by atoms with Crippen LogP contribution < -0.4 is 39.6 Å². The minimum Gasteiger partial charge on any atom is -0.497 e. The van der Waals surface area contributed by atoms with E-state index in [1.807, 2.05) is 6.07 Å². The van der Waals surface area contributed by atoms with Crippen molar-refractivity contribution in [2.45, 2.75) is 25.8 Å². The van der Waals surface area contributed by atoms with E-state index in [9.17, 15) is 0 Å². The zero-order chi connectivity index (χ0) is 10.7. The second kappa shape index (κ2) is 8.20. The first-order chi connectivity index (χ1) is 7.29. The second-order valence-corrected chi connectivity index (χ2v) is 4.42. The largest absolute Gasteiger partial charge is 1.00 e. The van der Waals surface area contributed by atoms with Gasteiger partial charge in [0.1, 0.15) is 5.75 Å². The molecule has 4 heteroatoms. The molecule has 0 unspecified atom stereocenters. The van der Waals surface area contributed by atoms with Crippen molar-refractivity contribution < 1.29 is 34.3 Å². The Balaban J connectivity index is 0.00000128. The average Bonchev–Trinajstić information content (AvgIpc) is 2.30. The molecule has 0 aliphatic carbocycles. The SMILES string of the molecule is COc1cccc([C@H]2CC[C@H](C)CN2)c1.[BH4-].[Na+]. The molecule has 0 aromatic heterocycles. The number of methoxy groups -OCH3 is 1. The number of hydrogen-bond acceptors (Lipinski definition) is 2. The van der Waals surface area contributed by atoms with Crippen LogP contribution in [0.15, 0.2) is 24.3 Å². The van der Waals surface area contributed by atoms with Crippen molar-refractivity contribution >= 4 is 8.41 Å². The molecule has 17 heavy (non-hydrogen) atoms. The normalized spacial score (nSPS) is 23.2. The van der Waals surface area contributed by atoms with Gasteiger partial charge >= 0.3 is 29.6 Å². The molecule has 0 radical (unpaired) electrons. The topological polar surface area (TPSA) is 21.3 Å². The first-order valence-corrected chi connectivity index (χ1v) is 5.67. The number of rotatable bonds is 2. The van der Waals surface area contributed by atoms with Gasteiger partial charge < -0.3 is 10.1 Å². The molecule has 1 aromatic rings. The van der Waals surface area contributed by atoms with Crippen LogP contribution in [-0.4, -0.2) is 22.1 Å². The summed E-state index contributed by atoms with van der Waals surface area (Å²) in [6, 6.07) is 8.88. The zero-order valence-corrected chi connectivity index (χ0v) is 12.5. The molecule has 0 saturated carbocycles. The van der Waals surface area contributed by atoms with E-state index in [0.29, 0.717) is 6.04 Å². The van der Waals surface area contributed by atoms with Crippen LogP contribution in [0.1, 0.15) is 31.4 Å². The summed E-state index contributed by atoms with van der Waals surface area (Å²) in [5.74, 6) is 1.76. The third kappa shape index (κ3) is 4.67. The van der Waals surface area contributed by atoms with Crippen LogP contribution in [0.25, 0.3) is 0 Å². The quantitative estimate of drug-likeness (QED) is 0.626. The summed E-state index contributed by atoms with van der Waals surface area (Å²) in [4.78, 5) is 0. The average molecular weight is 243 g/mol. The van der Waals surface area contributed by atoms with Gasteiger partial charge in [0, 0.05) is 6.04 Å². The second-order valence-electron chi connectivity index (χ2n) is 4.42. The van der Waals surface area contributed by atoms with Gasteiger partial charge in [0.2, 0.25) is 0 Å². The minimum absolute atomic E-state index is 0. The van der Waals surface area contributed by atoms with Crippen LogP contribution in [0.5, 0.6) is 5.75 Å². The van der Waals surface area contributed by atoms with Gasteiger partial charge in [-0.05, 0) is 43.0 Å². The standard InChI is InChI=1S/C13H19NO.BH4.Na/c1-10-6-7-13(14-9-10)11-4-3-5-12(8-11)15-2;;/h3-5,8,10,13-14H,6-7,9H2,1-2H3;1H4;/q;-1;+1/t10-,13+;;/m0../s1. The van der Waals surface area contributed by atoms with Crippen molar-refractivity contribution in [1.82, 2.24) is 5.32 Å².